The predicted molar refractivity (Wildman–Crippen MR) is 76.9 cm³/mol. The number of ether oxygens (including phenoxy) is 2. The summed E-state index contributed by atoms with van der Waals surface area (Å²) in [4.78, 5) is 35.7. The first-order chi connectivity index (χ1) is 10.5. The summed E-state index contributed by atoms with van der Waals surface area (Å²) in [5, 5.41) is 5.15. The van der Waals surface area contributed by atoms with Crippen molar-refractivity contribution in [1.82, 2.24) is 10.6 Å². The van der Waals surface area contributed by atoms with E-state index in [0.29, 0.717) is 11.3 Å². The Kier molecular flexibility index (Phi) is 4.45. The van der Waals surface area contributed by atoms with E-state index in [1.807, 2.05) is 0 Å². The molecule has 0 aliphatic carbocycles. The largest absolute Gasteiger partial charge is 0.466 e. The molecule has 0 saturated heterocycles. The molecular weight excluding hydrogens is 288 g/mol. The minimum Gasteiger partial charge on any atom is -0.466 e. The number of carbonyl (C=O) groups excluding carboxylic acids is 3. The van der Waals surface area contributed by atoms with Crippen LogP contribution in [0.3, 0.4) is 0 Å². The third kappa shape index (κ3) is 2.78. The van der Waals surface area contributed by atoms with E-state index >= 15 is 0 Å². The Hall–Kier alpha value is -2.83. The number of rotatable bonds is 3. The third-order valence-corrected chi connectivity index (χ3v) is 3.35. The maximum absolute atomic E-state index is 12.0. The third-order valence-electron chi connectivity index (χ3n) is 3.35. The van der Waals surface area contributed by atoms with Gasteiger partial charge in [0.1, 0.15) is 0 Å². The second-order valence-electron chi connectivity index (χ2n) is 4.64. The molecule has 2 N–H and O–H groups in total. The fourth-order valence-corrected chi connectivity index (χ4v) is 2.35. The van der Waals surface area contributed by atoms with Crippen LogP contribution in [0.5, 0.6) is 0 Å². The van der Waals surface area contributed by atoms with Gasteiger partial charge in [-0.2, -0.15) is 0 Å². The molecule has 0 aromatic heterocycles. The molecule has 1 aliphatic heterocycles. The van der Waals surface area contributed by atoms with Crippen molar-refractivity contribution in [3.63, 3.8) is 0 Å². The smallest absolute Gasteiger partial charge is 0.338 e. The van der Waals surface area contributed by atoms with Crippen LogP contribution in [0.1, 0.15) is 28.9 Å². The lowest BCUT2D eigenvalue weighted by Gasteiger charge is -2.28. The normalized spacial score (nSPS) is 17.4. The minimum absolute atomic E-state index is 0.235. The molecule has 1 aromatic rings. The number of nitrogens with one attached hydrogen (secondary N) is 2. The van der Waals surface area contributed by atoms with Crippen LogP contribution in [-0.2, 0) is 14.3 Å². The van der Waals surface area contributed by atoms with E-state index in [2.05, 4.69) is 10.6 Å². The Morgan fingerprint density at radius 2 is 1.73 bits per heavy atom. The Bertz CT molecular complexity index is 666. The standard InChI is InChI=1S/C15H16N2O5/c1-8-11(14(19)22-3)12(17-15(20)16-8)9-6-4-5-7-10(9)13(18)21-2/h4-7,12H,1-3H3,(H2,16,17,20)/t12-/m1/s1. The number of methoxy groups -OCH3 is 2. The van der Waals surface area contributed by atoms with Gasteiger partial charge in [-0.15, -0.1) is 0 Å². The van der Waals surface area contributed by atoms with E-state index in [1.54, 1.807) is 31.2 Å². The summed E-state index contributed by atoms with van der Waals surface area (Å²) in [6.07, 6.45) is 0. The Morgan fingerprint density at radius 1 is 1.09 bits per heavy atom. The molecule has 22 heavy (non-hydrogen) atoms. The molecule has 1 atom stereocenters. The summed E-state index contributed by atoms with van der Waals surface area (Å²) in [5.74, 6) is -1.14. The van der Waals surface area contributed by atoms with Crippen LogP contribution in [-0.4, -0.2) is 32.2 Å². The van der Waals surface area contributed by atoms with Crippen molar-refractivity contribution < 1.29 is 23.9 Å². The fraction of sp³-hybridized carbons (Fsp3) is 0.267. The lowest BCUT2D eigenvalue weighted by Crippen LogP contribution is -2.45. The molecule has 0 bridgehead atoms. The topological polar surface area (TPSA) is 93.7 Å². The van der Waals surface area contributed by atoms with Crippen molar-refractivity contribution in [2.75, 3.05) is 14.2 Å². The van der Waals surface area contributed by atoms with Crippen LogP contribution in [0.25, 0.3) is 0 Å². The highest BCUT2D eigenvalue weighted by atomic mass is 16.5. The molecule has 0 radical (unpaired) electrons. The van der Waals surface area contributed by atoms with E-state index in [0.717, 1.165) is 0 Å². The number of hydrogen-bond donors (Lipinski definition) is 2. The van der Waals surface area contributed by atoms with Crippen LogP contribution in [0, 0.1) is 0 Å². The molecule has 1 heterocycles. The molecule has 0 spiro atoms. The summed E-state index contributed by atoms with van der Waals surface area (Å²) in [7, 11) is 2.52. The lowest BCUT2D eigenvalue weighted by molar-refractivity contribution is -0.136. The highest BCUT2D eigenvalue weighted by molar-refractivity contribution is 5.97. The highest BCUT2D eigenvalue weighted by Gasteiger charge is 2.34. The first-order valence-corrected chi connectivity index (χ1v) is 6.53. The minimum atomic E-state index is -0.795. The predicted octanol–water partition coefficient (Wildman–Crippen LogP) is 1.27. The zero-order valence-corrected chi connectivity index (χ0v) is 12.4. The van der Waals surface area contributed by atoms with Gasteiger partial charge in [-0.1, -0.05) is 18.2 Å². The maximum atomic E-state index is 12.0. The molecule has 2 amide bonds. The van der Waals surface area contributed by atoms with Gasteiger partial charge in [-0.3, -0.25) is 0 Å². The molecular formula is C15H16N2O5. The van der Waals surface area contributed by atoms with E-state index in [4.69, 9.17) is 9.47 Å². The first-order valence-electron chi connectivity index (χ1n) is 6.53. The van der Waals surface area contributed by atoms with Gasteiger partial charge in [0.25, 0.3) is 0 Å². The maximum Gasteiger partial charge on any atom is 0.338 e. The number of carbonyl (C=O) groups is 3. The van der Waals surface area contributed by atoms with E-state index in [-0.39, 0.29) is 11.1 Å². The summed E-state index contributed by atoms with van der Waals surface area (Å²) in [5.41, 5.74) is 1.34. The quantitative estimate of drug-likeness (QED) is 0.820. The molecule has 7 nitrogen and oxygen atoms in total. The molecule has 0 unspecified atom stereocenters. The van der Waals surface area contributed by atoms with Gasteiger partial charge in [0, 0.05) is 5.70 Å². The van der Waals surface area contributed by atoms with Gasteiger partial charge in [0.05, 0.1) is 31.4 Å². The van der Waals surface area contributed by atoms with Gasteiger partial charge in [-0.25, -0.2) is 14.4 Å². The van der Waals surface area contributed by atoms with E-state index in [9.17, 15) is 14.4 Å². The Labute approximate surface area is 127 Å². The molecule has 2 rings (SSSR count). The number of benzene rings is 1. The molecule has 1 aromatic carbocycles. The summed E-state index contributed by atoms with van der Waals surface area (Å²) in [6, 6.07) is 5.34. The summed E-state index contributed by atoms with van der Waals surface area (Å²) >= 11 is 0. The van der Waals surface area contributed by atoms with Crippen LogP contribution >= 0.6 is 0 Å². The number of hydrogen-bond acceptors (Lipinski definition) is 5. The average molecular weight is 304 g/mol. The van der Waals surface area contributed by atoms with Crippen LogP contribution in [0.4, 0.5) is 4.79 Å². The van der Waals surface area contributed by atoms with Gasteiger partial charge in [-0.05, 0) is 18.6 Å². The number of amides is 2. The van der Waals surface area contributed by atoms with Crippen LogP contribution in [0.2, 0.25) is 0 Å². The van der Waals surface area contributed by atoms with Crippen molar-refractivity contribution in [1.29, 1.82) is 0 Å². The van der Waals surface area contributed by atoms with Crippen molar-refractivity contribution >= 4 is 18.0 Å². The summed E-state index contributed by atoms with van der Waals surface area (Å²) in [6.45, 7) is 1.60. The zero-order valence-electron chi connectivity index (χ0n) is 12.4. The zero-order chi connectivity index (χ0) is 16.3. The molecule has 0 saturated carbocycles. The monoisotopic (exact) mass is 304 g/mol. The van der Waals surface area contributed by atoms with Crippen molar-refractivity contribution in [2.45, 2.75) is 13.0 Å². The van der Waals surface area contributed by atoms with Gasteiger partial charge >= 0.3 is 18.0 Å². The van der Waals surface area contributed by atoms with Crippen molar-refractivity contribution in [2.24, 2.45) is 0 Å². The number of urea groups is 1. The lowest BCUT2D eigenvalue weighted by atomic mass is 9.92. The molecule has 7 heteroatoms. The SMILES string of the molecule is COC(=O)C1=C(C)NC(=O)N[C@@H]1c1ccccc1C(=O)OC. The first kappa shape index (κ1) is 15.6. The van der Waals surface area contributed by atoms with E-state index < -0.39 is 24.0 Å². The van der Waals surface area contributed by atoms with Gasteiger partial charge in [0.2, 0.25) is 0 Å². The second-order valence-corrected chi connectivity index (χ2v) is 4.64. The van der Waals surface area contributed by atoms with Crippen molar-refractivity contribution in [3.05, 3.63) is 46.7 Å². The Morgan fingerprint density at radius 3 is 2.36 bits per heavy atom. The molecule has 1 aliphatic rings. The Balaban J connectivity index is 2.58. The molecule has 0 fully saturated rings. The molecule has 116 valence electrons. The van der Waals surface area contributed by atoms with Crippen LogP contribution in [0.15, 0.2) is 35.5 Å². The van der Waals surface area contributed by atoms with Crippen molar-refractivity contribution in [3.8, 4) is 0 Å². The van der Waals surface area contributed by atoms with E-state index in [1.165, 1.54) is 14.2 Å². The highest BCUT2D eigenvalue weighted by Crippen LogP contribution is 2.30. The van der Waals surface area contributed by atoms with Gasteiger partial charge in [0.15, 0.2) is 0 Å². The van der Waals surface area contributed by atoms with Gasteiger partial charge < -0.3 is 20.1 Å². The second kappa shape index (κ2) is 6.30. The summed E-state index contributed by atoms with van der Waals surface area (Å²) < 4.78 is 9.51. The number of allylic oxidation sites excluding steroid dienone is 1. The van der Waals surface area contributed by atoms with Crippen LogP contribution < -0.4 is 10.6 Å². The fourth-order valence-electron chi connectivity index (χ4n) is 2.35. The number of esters is 2. The average Bonchev–Trinajstić information content (AvgIpc) is 2.52.